The number of nitrogens with zero attached hydrogens (tertiary/aromatic N) is 2. The molecule has 0 saturated heterocycles. The molecular weight excluding hydrogens is 240 g/mol. The third kappa shape index (κ3) is 2.22. The maximum Gasteiger partial charge on any atom is 0.416 e. The van der Waals surface area contributed by atoms with Crippen molar-refractivity contribution in [3.63, 3.8) is 0 Å². The minimum Gasteiger partial charge on any atom is -0.505 e. The summed E-state index contributed by atoms with van der Waals surface area (Å²) in [6.07, 6.45) is -2.45. The number of benzene rings is 1. The Morgan fingerprint density at radius 3 is 2.41 bits per heavy atom. The molecule has 17 heavy (non-hydrogen) atoms. The molecule has 0 bridgehead atoms. The van der Waals surface area contributed by atoms with Crippen molar-refractivity contribution in [3.8, 4) is 11.4 Å². The van der Waals surface area contributed by atoms with Crippen molar-refractivity contribution in [1.82, 2.24) is 9.78 Å². The maximum absolute atomic E-state index is 13.4. The van der Waals surface area contributed by atoms with Crippen molar-refractivity contribution in [2.45, 2.75) is 6.18 Å². The lowest BCUT2D eigenvalue weighted by molar-refractivity contribution is -0.137. The van der Waals surface area contributed by atoms with Crippen molar-refractivity contribution >= 4 is 0 Å². The molecular formula is C10H6F4N2O. The lowest BCUT2D eigenvalue weighted by Crippen LogP contribution is -2.07. The minimum absolute atomic E-state index is 0.168. The molecule has 0 saturated carbocycles. The molecule has 1 N–H and O–H groups in total. The molecule has 1 aromatic heterocycles. The first-order chi connectivity index (χ1) is 7.88. The summed E-state index contributed by atoms with van der Waals surface area (Å²) in [7, 11) is 0. The van der Waals surface area contributed by atoms with Crippen LogP contribution in [0.15, 0.2) is 30.6 Å². The number of rotatable bonds is 1. The van der Waals surface area contributed by atoms with Gasteiger partial charge in [-0.2, -0.15) is 18.3 Å². The lowest BCUT2D eigenvalue weighted by atomic mass is 10.2. The van der Waals surface area contributed by atoms with E-state index in [4.69, 9.17) is 5.11 Å². The summed E-state index contributed by atoms with van der Waals surface area (Å²) in [5.74, 6) is -1.27. The Bertz CT molecular complexity index is 547. The van der Waals surface area contributed by atoms with Crippen molar-refractivity contribution in [3.05, 3.63) is 42.0 Å². The highest BCUT2D eigenvalue weighted by atomic mass is 19.4. The second-order valence-corrected chi connectivity index (χ2v) is 3.31. The third-order valence-electron chi connectivity index (χ3n) is 2.09. The Labute approximate surface area is 92.9 Å². The normalized spacial score (nSPS) is 11.8. The predicted octanol–water partition coefficient (Wildman–Crippen LogP) is 2.74. The Balaban J connectivity index is 2.45. The minimum atomic E-state index is -4.59. The van der Waals surface area contributed by atoms with Gasteiger partial charge in [0.1, 0.15) is 11.5 Å². The van der Waals surface area contributed by atoms with Crippen LogP contribution in [0.2, 0.25) is 0 Å². The molecule has 0 fully saturated rings. The largest absolute Gasteiger partial charge is 0.505 e. The number of alkyl halides is 3. The Morgan fingerprint density at radius 2 is 1.94 bits per heavy atom. The molecule has 0 amide bonds. The smallest absolute Gasteiger partial charge is 0.416 e. The van der Waals surface area contributed by atoms with Crippen LogP contribution in [0.1, 0.15) is 5.56 Å². The lowest BCUT2D eigenvalue weighted by Gasteiger charge is -2.08. The summed E-state index contributed by atoms with van der Waals surface area (Å²) in [6, 6.07) is 2.08. The fourth-order valence-electron chi connectivity index (χ4n) is 1.31. The molecule has 0 atom stereocenters. The molecule has 0 aliphatic carbocycles. The molecule has 0 spiro atoms. The summed E-state index contributed by atoms with van der Waals surface area (Å²) in [6.45, 7) is 0. The third-order valence-corrected chi connectivity index (χ3v) is 2.09. The van der Waals surface area contributed by atoms with Crippen LogP contribution < -0.4 is 0 Å². The zero-order chi connectivity index (χ0) is 12.6. The van der Waals surface area contributed by atoms with Gasteiger partial charge in [-0.1, -0.05) is 0 Å². The van der Waals surface area contributed by atoms with Gasteiger partial charge in [-0.3, -0.25) is 0 Å². The zero-order valence-electron chi connectivity index (χ0n) is 8.24. The Morgan fingerprint density at radius 1 is 1.24 bits per heavy atom. The molecule has 3 nitrogen and oxygen atoms in total. The number of aromatic hydroxyl groups is 1. The maximum atomic E-state index is 13.4. The highest BCUT2D eigenvalue weighted by Gasteiger charge is 2.31. The first-order valence-electron chi connectivity index (χ1n) is 4.48. The molecule has 0 aliphatic heterocycles. The van der Waals surface area contributed by atoms with Crippen LogP contribution >= 0.6 is 0 Å². The van der Waals surface area contributed by atoms with Crippen LogP contribution in [0.5, 0.6) is 5.75 Å². The van der Waals surface area contributed by atoms with E-state index >= 15 is 0 Å². The van der Waals surface area contributed by atoms with E-state index in [1.54, 1.807) is 0 Å². The summed E-state index contributed by atoms with van der Waals surface area (Å²) in [5, 5.41) is 12.6. The van der Waals surface area contributed by atoms with E-state index in [2.05, 4.69) is 5.10 Å². The van der Waals surface area contributed by atoms with Crippen LogP contribution in [0.3, 0.4) is 0 Å². The number of hydrogen-bond donors (Lipinski definition) is 1. The van der Waals surface area contributed by atoms with E-state index in [1.165, 1.54) is 0 Å². The van der Waals surface area contributed by atoms with Gasteiger partial charge in [-0.25, -0.2) is 9.07 Å². The van der Waals surface area contributed by atoms with Crippen molar-refractivity contribution in [2.75, 3.05) is 0 Å². The van der Waals surface area contributed by atoms with Crippen LogP contribution in [0.25, 0.3) is 5.69 Å². The van der Waals surface area contributed by atoms with Crippen LogP contribution in [0.4, 0.5) is 17.6 Å². The Kier molecular flexibility index (Phi) is 2.53. The summed E-state index contributed by atoms with van der Waals surface area (Å²) in [4.78, 5) is 0. The second kappa shape index (κ2) is 3.76. The van der Waals surface area contributed by atoms with Gasteiger partial charge in [-0.05, 0) is 18.2 Å². The van der Waals surface area contributed by atoms with Gasteiger partial charge in [0.05, 0.1) is 18.0 Å². The van der Waals surface area contributed by atoms with Gasteiger partial charge in [0, 0.05) is 0 Å². The summed E-state index contributed by atoms with van der Waals surface area (Å²) < 4.78 is 51.2. The topological polar surface area (TPSA) is 38.1 Å². The van der Waals surface area contributed by atoms with E-state index in [9.17, 15) is 17.6 Å². The zero-order valence-corrected chi connectivity index (χ0v) is 8.24. The molecule has 0 radical (unpaired) electrons. The van der Waals surface area contributed by atoms with Gasteiger partial charge in [0.2, 0.25) is 0 Å². The van der Waals surface area contributed by atoms with E-state index < -0.39 is 17.6 Å². The van der Waals surface area contributed by atoms with E-state index in [0.29, 0.717) is 6.07 Å². The number of halogens is 4. The molecule has 7 heteroatoms. The monoisotopic (exact) mass is 246 g/mol. The molecule has 90 valence electrons. The van der Waals surface area contributed by atoms with Crippen molar-refractivity contribution < 1.29 is 22.7 Å². The molecule has 2 rings (SSSR count). The average molecular weight is 246 g/mol. The number of aromatic nitrogens is 2. The van der Waals surface area contributed by atoms with E-state index in [1.807, 2.05) is 0 Å². The fraction of sp³-hybridized carbons (Fsp3) is 0.100. The highest BCUT2D eigenvalue weighted by Crippen LogP contribution is 2.30. The molecule has 0 aliphatic rings. The number of hydrogen-bond acceptors (Lipinski definition) is 2. The Hall–Kier alpha value is -2.05. The quantitative estimate of drug-likeness (QED) is 0.785. The van der Waals surface area contributed by atoms with Gasteiger partial charge in [0.25, 0.3) is 0 Å². The highest BCUT2D eigenvalue weighted by molar-refractivity contribution is 5.37. The first kappa shape index (κ1) is 11.4. The molecule has 0 unspecified atom stereocenters. The van der Waals surface area contributed by atoms with Gasteiger partial charge >= 0.3 is 6.18 Å². The molecule has 2 aromatic rings. The SMILES string of the molecule is Oc1cnn(-c2ccc(C(F)(F)F)cc2F)c1. The van der Waals surface area contributed by atoms with Crippen LogP contribution in [-0.2, 0) is 6.18 Å². The average Bonchev–Trinajstić information content (AvgIpc) is 2.63. The van der Waals surface area contributed by atoms with Crippen molar-refractivity contribution in [1.29, 1.82) is 0 Å². The fourth-order valence-corrected chi connectivity index (χ4v) is 1.31. The standard InChI is InChI=1S/C10H6F4N2O/c11-8-3-6(10(12,13)14)1-2-9(8)16-5-7(17)4-15-16/h1-5,17H. The summed E-state index contributed by atoms with van der Waals surface area (Å²) in [5.41, 5.74) is -1.24. The van der Waals surface area contributed by atoms with Gasteiger partial charge in [0.15, 0.2) is 5.75 Å². The van der Waals surface area contributed by atoms with E-state index in [0.717, 1.165) is 29.2 Å². The predicted molar refractivity (Wildman–Crippen MR) is 50.2 cm³/mol. The molecule has 1 aromatic carbocycles. The van der Waals surface area contributed by atoms with Crippen LogP contribution in [-0.4, -0.2) is 14.9 Å². The second-order valence-electron chi connectivity index (χ2n) is 3.31. The summed E-state index contributed by atoms with van der Waals surface area (Å²) >= 11 is 0. The van der Waals surface area contributed by atoms with E-state index in [-0.39, 0.29) is 11.4 Å². The molecule has 1 heterocycles. The van der Waals surface area contributed by atoms with Crippen molar-refractivity contribution in [2.24, 2.45) is 0 Å². The first-order valence-corrected chi connectivity index (χ1v) is 4.48. The van der Waals surface area contributed by atoms with Crippen LogP contribution in [0, 0.1) is 5.82 Å². The van der Waals surface area contributed by atoms with Gasteiger partial charge in [-0.15, -0.1) is 0 Å². The van der Waals surface area contributed by atoms with Gasteiger partial charge < -0.3 is 5.11 Å².